The largest absolute Gasteiger partial charge is 0.193 e. The zero-order valence-electron chi connectivity index (χ0n) is 9.32. The standard InChI is InChI=1S/C13H15NS/c1-13(2,3)15-12(9-10-14)11-7-5-4-6-8-11/h4-9H,1-3H3/b12-9-. The summed E-state index contributed by atoms with van der Waals surface area (Å²) >= 11 is 1.72. The summed E-state index contributed by atoms with van der Waals surface area (Å²) < 4.78 is 0.124. The van der Waals surface area contributed by atoms with Crippen LogP contribution in [0.25, 0.3) is 4.91 Å². The van der Waals surface area contributed by atoms with Crippen LogP contribution in [0, 0.1) is 11.3 Å². The lowest BCUT2D eigenvalue weighted by molar-refractivity contribution is 0.808. The molecule has 0 saturated heterocycles. The van der Waals surface area contributed by atoms with Crippen molar-refractivity contribution in [2.24, 2.45) is 0 Å². The highest BCUT2D eigenvalue weighted by molar-refractivity contribution is 8.09. The molecule has 0 heterocycles. The molecular weight excluding hydrogens is 202 g/mol. The number of hydrogen-bond donors (Lipinski definition) is 0. The molecule has 0 fully saturated rings. The summed E-state index contributed by atoms with van der Waals surface area (Å²) in [5.41, 5.74) is 1.11. The van der Waals surface area contributed by atoms with Gasteiger partial charge >= 0.3 is 0 Å². The Kier molecular flexibility index (Phi) is 3.99. The van der Waals surface area contributed by atoms with E-state index in [9.17, 15) is 0 Å². The molecule has 0 radical (unpaired) electrons. The van der Waals surface area contributed by atoms with E-state index in [1.54, 1.807) is 17.8 Å². The molecule has 0 aliphatic rings. The van der Waals surface area contributed by atoms with Crippen molar-refractivity contribution in [3.8, 4) is 6.07 Å². The SMILES string of the molecule is CC(C)(C)S/C(=C\C#N)c1ccccc1. The first-order valence-corrected chi connectivity index (χ1v) is 5.69. The zero-order valence-corrected chi connectivity index (χ0v) is 10.1. The molecule has 0 aromatic heterocycles. The van der Waals surface area contributed by atoms with Crippen LogP contribution in [0.1, 0.15) is 26.3 Å². The first-order valence-electron chi connectivity index (χ1n) is 4.87. The van der Waals surface area contributed by atoms with Gasteiger partial charge in [-0.25, -0.2) is 0 Å². The van der Waals surface area contributed by atoms with Gasteiger partial charge in [-0.3, -0.25) is 0 Å². The Morgan fingerprint density at radius 1 is 1.27 bits per heavy atom. The van der Waals surface area contributed by atoms with Crippen molar-refractivity contribution >= 4 is 16.7 Å². The lowest BCUT2D eigenvalue weighted by Crippen LogP contribution is -2.07. The van der Waals surface area contributed by atoms with Crippen LogP contribution in [0.4, 0.5) is 0 Å². The zero-order chi connectivity index (χ0) is 11.3. The molecule has 0 atom stereocenters. The molecule has 78 valence electrons. The highest BCUT2D eigenvalue weighted by atomic mass is 32.2. The van der Waals surface area contributed by atoms with Gasteiger partial charge in [0.25, 0.3) is 0 Å². The molecule has 0 aliphatic carbocycles. The smallest absolute Gasteiger partial charge is 0.0923 e. The molecule has 1 nitrogen and oxygen atoms in total. The third kappa shape index (κ3) is 4.22. The molecule has 2 heteroatoms. The molecule has 0 aliphatic heterocycles. The third-order valence-electron chi connectivity index (χ3n) is 1.67. The summed E-state index contributed by atoms with van der Waals surface area (Å²) in [5.74, 6) is 0. The monoisotopic (exact) mass is 217 g/mol. The number of nitriles is 1. The second-order valence-corrected chi connectivity index (χ2v) is 6.09. The van der Waals surface area contributed by atoms with E-state index in [0.29, 0.717) is 0 Å². The molecule has 1 aromatic rings. The number of benzene rings is 1. The molecule has 0 unspecified atom stereocenters. The van der Waals surface area contributed by atoms with Crippen LogP contribution in [-0.2, 0) is 0 Å². The first kappa shape index (κ1) is 11.9. The summed E-state index contributed by atoms with van der Waals surface area (Å²) in [5, 5.41) is 8.76. The minimum absolute atomic E-state index is 0.124. The predicted octanol–water partition coefficient (Wildman–Crippen LogP) is 4.08. The Hall–Kier alpha value is -1.20. The van der Waals surface area contributed by atoms with Crippen LogP contribution < -0.4 is 0 Å². The fourth-order valence-corrected chi connectivity index (χ4v) is 2.19. The van der Waals surface area contributed by atoms with E-state index in [-0.39, 0.29) is 4.75 Å². The van der Waals surface area contributed by atoms with E-state index >= 15 is 0 Å². The van der Waals surface area contributed by atoms with Crippen LogP contribution >= 0.6 is 11.8 Å². The maximum atomic E-state index is 8.76. The van der Waals surface area contributed by atoms with Crippen LogP contribution in [0.5, 0.6) is 0 Å². The van der Waals surface area contributed by atoms with Gasteiger partial charge in [0.15, 0.2) is 0 Å². The van der Waals surface area contributed by atoms with Crippen molar-refractivity contribution in [1.82, 2.24) is 0 Å². The Morgan fingerprint density at radius 3 is 2.33 bits per heavy atom. The highest BCUT2D eigenvalue weighted by Crippen LogP contribution is 2.37. The fourth-order valence-electron chi connectivity index (χ4n) is 1.16. The van der Waals surface area contributed by atoms with Crippen LogP contribution in [0.2, 0.25) is 0 Å². The number of rotatable bonds is 2. The lowest BCUT2D eigenvalue weighted by Gasteiger charge is -2.19. The van der Waals surface area contributed by atoms with Gasteiger partial charge in [-0.2, -0.15) is 5.26 Å². The van der Waals surface area contributed by atoms with Crippen LogP contribution in [0.15, 0.2) is 36.4 Å². The van der Waals surface area contributed by atoms with Crippen molar-refractivity contribution < 1.29 is 0 Å². The van der Waals surface area contributed by atoms with Crippen molar-refractivity contribution in [2.45, 2.75) is 25.5 Å². The van der Waals surface area contributed by atoms with E-state index in [4.69, 9.17) is 5.26 Å². The molecule has 0 amide bonds. The molecule has 0 spiro atoms. The Bertz CT molecular complexity index is 379. The molecule has 1 rings (SSSR count). The summed E-state index contributed by atoms with van der Waals surface area (Å²) in [7, 11) is 0. The first-order chi connectivity index (χ1) is 7.03. The highest BCUT2D eigenvalue weighted by Gasteiger charge is 2.14. The predicted molar refractivity (Wildman–Crippen MR) is 67.4 cm³/mol. The minimum atomic E-state index is 0.124. The maximum absolute atomic E-state index is 8.76. The second kappa shape index (κ2) is 5.04. The van der Waals surface area contributed by atoms with Gasteiger partial charge in [0.2, 0.25) is 0 Å². The van der Waals surface area contributed by atoms with Gasteiger partial charge in [0, 0.05) is 15.7 Å². The van der Waals surface area contributed by atoms with Crippen LogP contribution in [0.3, 0.4) is 0 Å². The van der Waals surface area contributed by atoms with Gasteiger partial charge in [-0.1, -0.05) is 51.1 Å². The van der Waals surface area contributed by atoms with E-state index in [1.807, 2.05) is 30.3 Å². The summed E-state index contributed by atoms with van der Waals surface area (Å²) in [6.07, 6.45) is 1.62. The topological polar surface area (TPSA) is 23.8 Å². The van der Waals surface area contributed by atoms with Crippen LogP contribution in [-0.4, -0.2) is 4.75 Å². The normalized spacial score (nSPS) is 12.3. The minimum Gasteiger partial charge on any atom is -0.193 e. The molecular formula is C13H15NS. The molecule has 1 aromatic carbocycles. The van der Waals surface area contributed by atoms with Gasteiger partial charge in [-0.15, -0.1) is 11.8 Å². The molecule has 0 bridgehead atoms. The van der Waals surface area contributed by atoms with E-state index < -0.39 is 0 Å². The fraction of sp³-hybridized carbons (Fsp3) is 0.308. The summed E-state index contributed by atoms with van der Waals surface area (Å²) in [6.45, 7) is 6.43. The van der Waals surface area contributed by atoms with Gasteiger partial charge < -0.3 is 0 Å². The summed E-state index contributed by atoms with van der Waals surface area (Å²) in [4.78, 5) is 1.03. The second-order valence-electron chi connectivity index (χ2n) is 4.22. The Labute approximate surface area is 95.8 Å². The van der Waals surface area contributed by atoms with E-state index in [2.05, 4.69) is 26.8 Å². The molecule has 0 saturated carbocycles. The maximum Gasteiger partial charge on any atom is 0.0923 e. The number of hydrogen-bond acceptors (Lipinski definition) is 2. The summed E-state index contributed by atoms with van der Waals surface area (Å²) in [6, 6.07) is 12.1. The quantitative estimate of drug-likeness (QED) is 0.697. The average Bonchev–Trinajstić information content (AvgIpc) is 2.17. The van der Waals surface area contributed by atoms with Crippen molar-refractivity contribution in [3.05, 3.63) is 42.0 Å². The Balaban J connectivity index is 2.97. The van der Waals surface area contributed by atoms with Crippen molar-refractivity contribution in [1.29, 1.82) is 5.26 Å². The van der Waals surface area contributed by atoms with Gasteiger partial charge in [0.1, 0.15) is 0 Å². The Morgan fingerprint density at radius 2 is 1.87 bits per heavy atom. The van der Waals surface area contributed by atoms with Gasteiger partial charge in [-0.05, 0) is 5.56 Å². The number of nitrogens with zero attached hydrogens (tertiary/aromatic N) is 1. The lowest BCUT2D eigenvalue weighted by atomic mass is 10.2. The third-order valence-corrected chi connectivity index (χ3v) is 2.86. The van der Waals surface area contributed by atoms with Gasteiger partial charge in [0.05, 0.1) is 6.07 Å². The number of thioether (sulfide) groups is 1. The van der Waals surface area contributed by atoms with Crippen molar-refractivity contribution in [3.63, 3.8) is 0 Å². The van der Waals surface area contributed by atoms with Crippen molar-refractivity contribution in [2.75, 3.05) is 0 Å². The molecule has 0 N–H and O–H groups in total. The average molecular weight is 217 g/mol. The number of allylic oxidation sites excluding steroid dienone is 1. The van der Waals surface area contributed by atoms with E-state index in [1.165, 1.54) is 0 Å². The van der Waals surface area contributed by atoms with E-state index in [0.717, 1.165) is 10.5 Å². The molecule has 15 heavy (non-hydrogen) atoms.